The van der Waals surface area contributed by atoms with Crippen LogP contribution in [0.15, 0.2) is 23.4 Å². The van der Waals surface area contributed by atoms with Gasteiger partial charge in [0.2, 0.25) is 9.84 Å². The number of pyridine rings is 1. The quantitative estimate of drug-likeness (QED) is 0.857. The summed E-state index contributed by atoms with van der Waals surface area (Å²) >= 11 is 0. The monoisotopic (exact) mass is 309 g/mol. The molecule has 0 aromatic carbocycles. The van der Waals surface area contributed by atoms with Crippen LogP contribution in [-0.2, 0) is 20.8 Å². The number of alkyl halides is 3. The Morgan fingerprint density at radius 1 is 1.25 bits per heavy atom. The van der Waals surface area contributed by atoms with Crippen LogP contribution in [0.4, 0.5) is 13.2 Å². The van der Waals surface area contributed by atoms with Crippen LogP contribution in [0.1, 0.15) is 32.8 Å². The van der Waals surface area contributed by atoms with Gasteiger partial charge in [-0.2, -0.15) is 13.2 Å². The molecule has 20 heavy (non-hydrogen) atoms. The van der Waals surface area contributed by atoms with Gasteiger partial charge in [0.05, 0.1) is 5.56 Å². The first-order valence-corrected chi connectivity index (χ1v) is 7.24. The topological polar surface area (TPSA) is 64.1 Å². The van der Waals surface area contributed by atoms with Gasteiger partial charge in [-0.25, -0.2) is 13.4 Å². The molecule has 0 aliphatic heterocycles. The van der Waals surface area contributed by atoms with Crippen LogP contribution in [0, 0.1) is 0 Å². The first-order valence-electron chi connectivity index (χ1n) is 5.75. The average Bonchev–Trinajstić information content (AvgIpc) is 2.36. The van der Waals surface area contributed by atoms with Crippen molar-refractivity contribution in [1.82, 2.24) is 4.98 Å². The van der Waals surface area contributed by atoms with Crippen molar-refractivity contribution in [3.05, 3.63) is 23.9 Å². The highest BCUT2D eigenvalue weighted by Crippen LogP contribution is 2.31. The normalized spacial score (nSPS) is 13.3. The second-order valence-electron chi connectivity index (χ2n) is 4.67. The zero-order valence-electron chi connectivity index (χ0n) is 11.2. The Bertz CT molecular complexity index is 604. The SMILES string of the molecule is CCC(=O)C(C)(C)S(=O)(=O)c1ccc(C(F)(F)F)cn1. The standard InChI is InChI=1S/C12H14F3NO3S/c1-4-9(17)11(2,3)20(18,19)10-6-5-8(7-16-10)12(13,14)15/h5-7H,4H2,1-3H3. The Hall–Kier alpha value is -1.44. The van der Waals surface area contributed by atoms with Gasteiger partial charge in [-0.05, 0) is 26.0 Å². The van der Waals surface area contributed by atoms with Crippen LogP contribution < -0.4 is 0 Å². The molecule has 0 unspecified atom stereocenters. The highest BCUT2D eigenvalue weighted by Gasteiger charge is 2.42. The van der Waals surface area contributed by atoms with Crippen molar-refractivity contribution in [1.29, 1.82) is 0 Å². The third-order valence-corrected chi connectivity index (χ3v) is 5.37. The molecule has 0 spiro atoms. The van der Waals surface area contributed by atoms with Crippen molar-refractivity contribution >= 4 is 15.6 Å². The lowest BCUT2D eigenvalue weighted by atomic mass is 10.1. The van der Waals surface area contributed by atoms with Crippen molar-refractivity contribution in [3.63, 3.8) is 0 Å². The molecule has 1 rings (SSSR count). The van der Waals surface area contributed by atoms with E-state index in [1.807, 2.05) is 0 Å². The van der Waals surface area contributed by atoms with Crippen LogP contribution in [-0.4, -0.2) is 23.9 Å². The van der Waals surface area contributed by atoms with E-state index < -0.39 is 37.1 Å². The molecule has 8 heteroatoms. The van der Waals surface area contributed by atoms with Crippen LogP contribution in [0.3, 0.4) is 0 Å². The number of aromatic nitrogens is 1. The molecule has 0 saturated heterocycles. The molecule has 0 amide bonds. The number of carbonyl (C=O) groups excluding carboxylic acids is 1. The maximum atomic E-state index is 12.4. The molecule has 1 heterocycles. The van der Waals surface area contributed by atoms with Crippen molar-refractivity contribution < 1.29 is 26.4 Å². The molecule has 0 radical (unpaired) electrons. The number of sulfone groups is 1. The molecule has 0 aliphatic rings. The Kier molecular flexibility index (Phi) is 4.28. The first kappa shape index (κ1) is 16.6. The fourth-order valence-corrected chi connectivity index (χ4v) is 2.95. The number of rotatable bonds is 4. The molecule has 0 bridgehead atoms. The molecular weight excluding hydrogens is 295 g/mol. The molecule has 0 aliphatic carbocycles. The first-order chi connectivity index (χ1) is 8.94. The molecule has 0 saturated carbocycles. The smallest absolute Gasteiger partial charge is 0.298 e. The predicted molar refractivity (Wildman–Crippen MR) is 65.8 cm³/mol. The summed E-state index contributed by atoms with van der Waals surface area (Å²) in [6.45, 7) is 3.95. The number of Topliss-reactive ketones (excluding diaryl/α,β-unsaturated/α-hetero) is 1. The molecule has 0 fully saturated rings. The van der Waals surface area contributed by atoms with Crippen LogP contribution in [0.5, 0.6) is 0 Å². The van der Waals surface area contributed by atoms with Gasteiger partial charge in [0.1, 0.15) is 4.75 Å². The number of hydrogen-bond donors (Lipinski definition) is 0. The third kappa shape index (κ3) is 2.84. The van der Waals surface area contributed by atoms with Gasteiger partial charge >= 0.3 is 6.18 Å². The van der Waals surface area contributed by atoms with Crippen LogP contribution >= 0.6 is 0 Å². The van der Waals surface area contributed by atoms with E-state index in [0.29, 0.717) is 12.3 Å². The summed E-state index contributed by atoms with van der Waals surface area (Å²) in [5.41, 5.74) is -1.05. The molecule has 1 aromatic heterocycles. The fourth-order valence-electron chi connectivity index (χ4n) is 1.54. The Labute approximate surface area is 114 Å². The number of hydrogen-bond acceptors (Lipinski definition) is 4. The second-order valence-corrected chi connectivity index (χ2v) is 7.12. The second kappa shape index (κ2) is 5.16. The number of carbonyl (C=O) groups is 1. The maximum absolute atomic E-state index is 12.4. The van der Waals surface area contributed by atoms with Gasteiger partial charge in [0.25, 0.3) is 0 Å². The number of nitrogens with zero attached hydrogens (tertiary/aromatic N) is 1. The summed E-state index contributed by atoms with van der Waals surface area (Å²) in [7, 11) is -4.14. The maximum Gasteiger partial charge on any atom is 0.417 e. The lowest BCUT2D eigenvalue weighted by Gasteiger charge is -2.22. The zero-order chi connectivity index (χ0) is 15.8. The molecular formula is C12H14F3NO3S. The average molecular weight is 309 g/mol. The van der Waals surface area contributed by atoms with Gasteiger partial charge in [0, 0.05) is 12.6 Å². The lowest BCUT2D eigenvalue weighted by molar-refractivity contribution is -0.137. The molecule has 0 atom stereocenters. The summed E-state index contributed by atoms with van der Waals surface area (Å²) in [6.07, 6.45) is -4.14. The van der Waals surface area contributed by atoms with Gasteiger partial charge < -0.3 is 0 Å². The third-order valence-electron chi connectivity index (χ3n) is 3.00. The van der Waals surface area contributed by atoms with Crippen molar-refractivity contribution in [2.24, 2.45) is 0 Å². The predicted octanol–water partition coefficient (Wildman–Crippen LogP) is 2.63. The van der Waals surface area contributed by atoms with Gasteiger partial charge in [0.15, 0.2) is 10.8 Å². The molecule has 4 nitrogen and oxygen atoms in total. The van der Waals surface area contributed by atoms with Crippen molar-refractivity contribution in [3.8, 4) is 0 Å². The van der Waals surface area contributed by atoms with E-state index in [1.54, 1.807) is 0 Å². The van der Waals surface area contributed by atoms with Crippen LogP contribution in [0.25, 0.3) is 0 Å². The summed E-state index contributed by atoms with van der Waals surface area (Å²) in [5.74, 6) is -0.529. The number of ketones is 1. The molecule has 1 aromatic rings. The van der Waals surface area contributed by atoms with E-state index in [1.165, 1.54) is 20.8 Å². The van der Waals surface area contributed by atoms with Crippen molar-refractivity contribution in [2.75, 3.05) is 0 Å². The minimum absolute atomic E-state index is 0.00681. The minimum atomic E-state index is -4.59. The number of halogens is 3. The molecule has 112 valence electrons. The Morgan fingerprint density at radius 2 is 1.80 bits per heavy atom. The summed E-state index contributed by atoms with van der Waals surface area (Å²) in [6, 6.07) is 1.40. The summed E-state index contributed by atoms with van der Waals surface area (Å²) in [5, 5.41) is -0.544. The van der Waals surface area contributed by atoms with Gasteiger partial charge in [-0.3, -0.25) is 4.79 Å². The lowest BCUT2D eigenvalue weighted by Crippen LogP contribution is -2.40. The molecule has 0 N–H and O–H groups in total. The van der Waals surface area contributed by atoms with Crippen molar-refractivity contribution in [2.45, 2.75) is 43.1 Å². The highest BCUT2D eigenvalue weighted by molar-refractivity contribution is 7.93. The minimum Gasteiger partial charge on any atom is -0.298 e. The Morgan fingerprint density at radius 3 is 2.15 bits per heavy atom. The van der Waals surface area contributed by atoms with E-state index in [9.17, 15) is 26.4 Å². The summed E-state index contributed by atoms with van der Waals surface area (Å²) in [4.78, 5) is 15.0. The van der Waals surface area contributed by atoms with E-state index in [2.05, 4.69) is 4.98 Å². The van der Waals surface area contributed by atoms with E-state index in [0.717, 1.165) is 6.07 Å². The van der Waals surface area contributed by atoms with E-state index in [4.69, 9.17) is 0 Å². The van der Waals surface area contributed by atoms with Crippen LogP contribution in [0.2, 0.25) is 0 Å². The van der Waals surface area contributed by atoms with Gasteiger partial charge in [-0.15, -0.1) is 0 Å². The zero-order valence-corrected chi connectivity index (χ0v) is 12.0. The van der Waals surface area contributed by atoms with E-state index in [-0.39, 0.29) is 6.42 Å². The largest absolute Gasteiger partial charge is 0.417 e. The summed E-state index contributed by atoms with van der Waals surface area (Å²) < 4.78 is 59.9. The fraction of sp³-hybridized carbons (Fsp3) is 0.500. The Balaban J connectivity index is 3.28. The van der Waals surface area contributed by atoms with Gasteiger partial charge in [-0.1, -0.05) is 6.92 Å². The van der Waals surface area contributed by atoms with E-state index >= 15 is 0 Å². The highest BCUT2D eigenvalue weighted by atomic mass is 32.2.